The highest BCUT2D eigenvalue weighted by molar-refractivity contribution is 5.98. The quantitative estimate of drug-likeness (QED) is 0.649. The maximum Gasteiger partial charge on any atom is 0.256 e. The molecule has 1 aromatic carbocycles. The van der Waals surface area contributed by atoms with Crippen molar-refractivity contribution in [3.8, 4) is 11.6 Å². The minimum Gasteiger partial charge on any atom is -0.472 e. The van der Waals surface area contributed by atoms with E-state index < -0.39 is 6.67 Å². The van der Waals surface area contributed by atoms with Crippen molar-refractivity contribution in [3.63, 3.8) is 0 Å². The molecule has 7 nitrogen and oxygen atoms in total. The topological polar surface area (TPSA) is 73.1 Å². The Bertz CT molecular complexity index is 1040. The van der Waals surface area contributed by atoms with Crippen LogP contribution >= 0.6 is 0 Å². The lowest BCUT2D eigenvalue weighted by atomic mass is 9.98. The second-order valence-corrected chi connectivity index (χ2v) is 7.88. The summed E-state index contributed by atoms with van der Waals surface area (Å²) < 4.78 is 18.8. The number of aromatic nitrogens is 4. The van der Waals surface area contributed by atoms with E-state index in [1.165, 1.54) is 11.0 Å². The van der Waals surface area contributed by atoms with Crippen LogP contribution in [-0.4, -0.2) is 49.0 Å². The highest BCUT2D eigenvalue weighted by atomic mass is 19.1. The maximum absolute atomic E-state index is 13.6. The molecule has 1 saturated carbocycles. The van der Waals surface area contributed by atoms with Crippen molar-refractivity contribution in [1.82, 2.24) is 24.9 Å². The Labute approximate surface area is 173 Å². The summed E-state index contributed by atoms with van der Waals surface area (Å²) in [5, 5.41) is 8.37. The van der Waals surface area contributed by atoms with Crippen molar-refractivity contribution >= 4 is 5.91 Å². The molecule has 3 aromatic rings. The number of hydrogen-bond acceptors (Lipinski definition) is 5. The van der Waals surface area contributed by atoms with E-state index in [0.717, 1.165) is 12.8 Å². The third-order valence-corrected chi connectivity index (χ3v) is 6.21. The minimum atomic E-state index is -0.550. The SMILES string of the molecule is C[C@@H]1[C@H]2C[C@@H](Oc3ccc(CF)cn3)[C@H](C2)N1C(=O)c1ccccc1-n1nccn1. The number of carbonyl (C=O) groups excluding carboxylic acids is 1. The second kappa shape index (κ2) is 7.51. The van der Waals surface area contributed by atoms with Gasteiger partial charge in [-0.3, -0.25) is 4.79 Å². The molecule has 2 aromatic heterocycles. The van der Waals surface area contributed by atoms with Gasteiger partial charge in [-0.1, -0.05) is 12.1 Å². The molecule has 0 unspecified atom stereocenters. The molecule has 0 spiro atoms. The van der Waals surface area contributed by atoms with Crippen LogP contribution in [0.15, 0.2) is 55.0 Å². The first-order valence-corrected chi connectivity index (χ1v) is 10.1. The van der Waals surface area contributed by atoms with E-state index in [1.54, 1.807) is 24.5 Å². The van der Waals surface area contributed by atoms with E-state index >= 15 is 0 Å². The van der Waals surface area contributed by atoms with Gasteiger partial charge in [0.25, 0.3) is 5.91 Å². The van der Waals surface area contributed by atoms with Crippen molar-refractivity contribution in [1.29, 1.82) is 0 Å². The summed E-state index contributed by atoms with van der Waals surface area (Å²) in [6.07, 6.45) is 6.32. The Morgan fingerprint density at radius 1 is 1.17 bits per heavy atom. The van der Waals surface area contributed by atoms with Crippen LogP contribution in [0.4, 0.5) is 4.39 Å². The van der Waals surface area contributed by atoms with Crippen LogP contribution in [-0.2, 0) is 6.67 Å². The molecule has 1 aliphatic carbocycles. The Hall–Kier alpha value is -3.29. The van der Waals surface area contributed by atoms with Gasteiger partial charge in [0.05, 0.1) is 29.7 Å². The summed E-state index contributed by atoms with van der Waals surface area (Å²) in [6, 6.07) is 10.8. The smallest absolute Gasteiger partial charge is 0.256 e. The summed E-state index contributed by atoms with van der Waals surface area (Å²) in [7, 11) is 0. The van der Waals surface area contributed by atoms with E-state index in [0.29, 0.717) is 28.6 Å². The molecule has 2 bridgehead atoms. The monoisotopic (exact) mass is 407 g/mol. The third-order valence-electron chi connectivity index (χ3n) is 6.21. The van der Waals surface area contributed by atoms with Gasteiger partial charge in [-0.25, -0.2) is 9.37 Å². The predicted octanol–water partition coefficient (Wildman–Crippen LogP) is 3.20. The number of likely N-dealkylation sites (tertiary alicyclic amines) is 1. The number of para-hydroxylation sites is 1. The molecular formula is C22H22FN5O2. The Kier molecular flexibility index (Phi) is 4.69. The molecule has 2 fully saturated rings. The standard InChI is InChI=1S/C22H22FN5O2/c1-14-16-10-19(20(11-16)30-21-7-6-15(12-23)13-24-21)27(14)22(29)17-4-2-3-5-18(17)28-25-8-9-26-28/h2-9,13-14,16,19-20H,10-12H2,1H3/t14-,16-,19+,20-/m1/s1. The number of fused-ring (bicyclic) bond motifs is 2. The van der Waals surface area contributed by atoms with Crippen molar-refractivity contribution in [2.75, 3.05) is 0 Å². The molecule has 30 heavy (non-hydrogen) atoms. The fourth-order valence-corrected chi connectivity index (χ4v) is 4.71. The van der Waals surface area contributed by atoms with Crippen molar-refractivity contribution < 1.29 is 13.9 Å². The molecule has 1 aliphatic heterocycles. The second-order valence-electron chi connectivity index (χ2n) is 7.88. The Morgan fingerprint density at radius 3 is 2.67 bits per heavy atom. The Morgan fingerprint density at radius 2 is 1.97 bits per heavy atom. The van der Waals surface area contributed by atoms with Crippen LogP contribution < -0.4 is 4.74 Å². The number of rotatable bonds is 5. The van der Waals surface area contributed by atoms with Crippen LogP contribution in [0.25, 0.3) is 5.69 Å². The molecule has 1 amide bonds. The van der Waals surface area contributed by atoms with Gasteiger partial charge in [-0.15, -0.1) is 0 Å². The normalized spacial score (nSPS) is 24.9. The van der Waals surface area contributed by atoms with Crippen LogP contribution in [0.1, 0.15) is 35.7 Å². The third kappa shape index (κ3) is 3.12. The first kappa shape index (κ1) is 18.7. The van der Waals surface area contributed by atoms with Crippen molar-refractivity contribution in [3.05, 3.63) is 66.1 Å². The number of pyridine rings is 1. The lowest BCUT2D eigenvalue weighted by Crippen LogP contribution is -2.51. The zero-order valence-corrected chi connectivity index (χ0v) is 16.6. The highest BCUT2D eigenvalue weighted by Crippen LogP contribution is 2.44. The summed E-state index contributed by atoms with van der Waals surface area (Å²) >= 11 is 0. The van der Waals surface area contributed by atoms with E-state index in [4.69, 9.17) is 4.74 Å². The number of nitrogens with zero attached hydrogens (tertiary/aromatic N) is 5. The molecule has 1 saturated heterocycles. The molecule has 8 heteroatoms. The van der Waals surface area contributed by atoms with Crippen LogP contribution in [0.2, 0.25) is 0 Å². The molecule has 4 atom stereocenters. The van der Waals surface area contributed by atoms with E-state index in [-0.39, 0.29) is 24.1 Å². The van der Waals surface area contributed by atoms with Gasteiger partial charge in [-0.05, 0) is 43.9 Å². The first-order valence-electron chi connectivity index (χ1n) is 10.1. The maximum atomic E-state index is 13.6. The fraction of sp³-hybridized carbons (Fsp3) is 0.364. The van der Waals surface area contributed by atoms with Crippen LogP contribution in [0.3, 0.4) is 0 Å². The van der Waals surface area contributed by atoms with Gasteiger partial charge >= 0.3 is 0 Å². The number of amides is 1. The number of piperidine rings is 1. The summed E-state index contributed by atoms with van der Waals surface area (Å²) in [5.74, 6) is 0.798. The van der Waals surface area contributed by atoms with Gasteiger partial charge in [0.2, 0.25) is 5.88 Å². The largest absolute Gasteiger partial charge is 0.472 e. The van der Waals surface area contributed by atoms with Gasteiger partial charge in [0.15, 0.2) is 0 Å². The van der Waals surface area contributed by atoms with Crippen LogP contribution in [0.5, 0.6) is 5.88 Å². The Balaban J connectivity index is 1.40. The first-order chi connectivity index (χ1) is 14.7. The molecule has 0 N–H and O–H groups in total. The van der Waals surface area contributed by atoms with E-state index in [2.05, 4.69) is 22.1 Å². The highest BCUT2D eigenvalue weighted by Gasteiger charge is 2.53. The molecule has 3 heterocycles. The molecular weight excluding hydrogens is 385 g/mol. The predicted molar refractivity (Wildman–Crippen MR) is 107 cm³/mol. The molecule has 154 valence electrons. The van der Waals surface area contributed by atoms with Gasteiger partial charge in [0.1, 0.15) is 12.8 Å². The summed E-state index contributed by atoms with van der Waals surface area (Å²) in [5.41, 5.74) is 1.74. The van der Waals surface area contributed by atoms with E-state index in [1.807, 2.05) is 29.2 Å². The van der Waals surface area contributed by atoms with Gasteiger partial charge < -0.3 is 9.64 Å². The lowest BCUT2D eigenvalue weighted by molar-refractivity contribution is 0.0314. The fourth-order valence-electron chi connectivity index (χ4n) is 4.71. The average molecular weight is 407 g/mol. The molecule has 2 aliphatic rings. The summed E-state index contributed by atoms with van der Waals surface area (Å²) in [4.78, 5) is 21.2. The molecule has 5 rings (SSSR count). The zero-order chi connectivity index (χ0) is 20.7. The summed E-state index contributed by atoms with van der Waals surface area (Å²) in [6.45, 7) is 1.55. The van der Waals surface area contributed by atoms with Crippen LogP contribution in [0, 0.1) is 5.92 Å². The van der Waals surface area contributed by atoms with Crippen molar-refractivity contribution in [2.24, 2.45) is 5.92 Å². The van der Waals surface area contributed by atoms with E-state index in [9.17, 15) is 9.18 Å². The van der Waals surface area contributed by atoms with Gasteiger partial charge in [0, 0.05) is 23.9 Å². The minimum absolute atomic E-state index is 0.0289. The number of halogens is 1. The number of hydrogen-bond donors (Lipinski definition) is 0. The number of ether oxygens (including phenoxy) is 1. The average Bonchev–Trinajstić information content (AvgIpc) is 3.51. The number of carbonyl (C=O) groups is 1. The lowest BCUT2D eigenvalue weighted by Gasteiger charge is -2.38. The number of benzene rings is 1. The zero-order valence-electron chi connectivity index (χ0n) is 16.6. The van der Waals surface area contributed by atoms with Crippen molar-refractivity contribution in [2.45, 2.75) is 44.6 Å². The number of alkyl halides is 1. The van der Waals surface area contributed by atoms with Gasteiger partial charge in [-0.2, -0.15) is 15.0 Å². The molecule has 0 radical (unpaired) electrons.